The third-order valence-electron chi connectivity index (χ3n) is 3.90. The number of hydrogen-bond donors (Lipinski definition) is 2. The van der Waals surface area contributed by atoms with Gasteiger partial charge in [-0.3, -0.25) is 9.59 Å². The molecule has 2 N–H and O–H groups in total. The molecule has 0 bridgehead atoms. The Hall–Kier alpha value is -2.98. The minimum atomic E-state index is -0.571. The zero-order valence-electron chi connectivity index (χ0n) is 16.1. The van der Waals surface area contributed by atoms with E-state index in [1.165, 1.54) is 12.3 Å². The van der Waals surface area contributed by atoms with Gasteiger partial charge in [-0.1, -0.05) is 60.7 Å². The van der Waals surface area contributed by atoms with Crippen LogP contribution in [-0.4, -0.2) is 18.0 Å². The number of benzene rings is 2. The van der Waals surface area contributed by atoms with Gasteiger partial charge in [0.15, 0.2) is 3.77 Å². The molecule has 8 heteroatoms. The van der Waals surface area contributed by atoms with Gasteiger partial charge >= 0.3 is 0 Å². The Bertz CT molecular complexity index is 1120. The molecule has 3 rings (SSSR count). The number of rotatable bonds is 7. The molecule has 2 amide bonds. The van der Waals surface area contributed by atoms with Gasteiger partial charge in [0.2, 0.25) is 0 Å². The number of carbonyl (C=O) groups excluding carboxylic acids is 2. The third kappa shape index (κ3) is 7.04. The number of hydrogen-bond acceptors (Lipinski definition) is 4. The molecule has 0 saturated heterocycles. The molecule has 0 radical (unpaired) electrons. The van der Waals surface area contributed by atoms with Crippen LogP contribution in [0.4, 0.5) is 0 Å². The Balaban J connectivity index is 1.74. The van der Waals surface area contributed by atoms with Gasteiger partial charge in [0.1, 0.15) is 11.5 Å². The molecular formula is C23H17BrIN3O3. The van der Waals surface area contributed by atoms with Crippen LogP contribution in [0.3, 0.4) is 0 Å². The fraction of sp³-hybridized carbons (Fsp3) is 0. The molecule has 0 fully saturated rings. The fourth-order valence-corrected chi connectivity index (χ4v) is 3.14. The van der Waals surface area contributed by atoms with Gasteiger partial charge in [0, 0.05) is 34.2 Å². The molecular weight excluding hydrogens is 573 g/mol. The lowest BCUT2D eigenvalue weighted by atomic mass is 10.2. The van der Waals surface area contributed by atoms with E-state index >= 15 is 0 Å². The summed E-state index contributed by atoms with van der Waals surface area (Å²) in [4.78, 5) is 25.1. The average molecular weight is 590 g/mol. The summed E-state index contributed by atoms with van der Waals surface area (Å²) in [6.07, 6.45) is 6.41. The summed E-state index contributed by atoms with van der Waals surface area (Å²) in [7, 11) is 0. The second-order valence-corrected chi connectivity index (χ2v) is 7.97. The first-order valence-corrected chi connectivity index (χ1v) is 11.0. The van der Waals surface area contributed by atoms with Crippen LogP contribution in [0.2, 0.25) is 0 Å². The predicted molar refractivity (Wildman–Crippen MR) is 132 cm³/mol. The summed E-state index contributed by atoms with van der Waals surface area (Å²) in [5.41, 5.74) is 3.85. The first kappa shape index (κ1) is 22.7. The molecule has 0 saturated carbocycles. The van der Waals surface area contributed by atoms with Crippen molar-refractivity contribution in [3.05, 3.63) is 110 Å². The number of furan rings is 1. The maximum absolute atomic E-state index is 12.6. The zero-order chi connectivity index (χ0) is 22.1. The average Bonchev–Trinajstić information content (AvgIpc) is 3.11. The quantitative estimate of drug-likeness (QED) is 0.132. The fourth-order valence-electron chi connectivity index (χ4n) is 2.42. The van der Waals surface area contributed by atoms with Crippen molar-refractivity contribution in [2.24, 2.45) is 5.10 Å². The van der Waals surface area contributed by atoms with E-state index < -0.39 is 11.8 Å². The van der Waals surface area contributed by atoms with Crippen molar-refractivity contribution < 1.29 is 14.0 Å². The van der Waals surface area contributed by atoms with Crippen molar-refractivity contribution in [3.8, 4) is 0 Å². The lowest BCUT2D eigenvalue weighted by molar-refractivity contribution is -0.117. The molecule has 0 unspecified atom stereocenters. The number of hydrazone groups is 1. The highest BCUT2D eigenvalue weighted by Crippen LogP contribution is 2.21. The van der Waals surface area contributed by atoms with E-state index in [0.717, 1.165) is 10.0 Å². The molecule has 0 aliphatic heterocycles. The summed E-state index contributed by atoms with van der Waals surface area (Å²) < 4.78 is 6.90. The van der Waals surface area contributed by atoms with Crippen molar-refractivity contribution in [2.45, 2.75) is 0 Å². The Morgan fingerprint density at radius 1 is 1.03 bits per heavy atom. The third-order valence-corrected chi connectivity index (χ3v) is 6.03. The maximum atomic E-state index is 12.6. The van der Waals surface area contributed by atoms with Crippen molar-refractivity contribution >= 4 is 62.6 Å². The summed E-state index contributed by atoms with van der Waals surface area (Å²) in [5, 5.41) is 6.54. The van der Waals surface area contributed by atoms with E-state index in [1.54, 1.807) is 36.4 Å². The SMILES string of the molecule is O=C(N/N=C/c1cc(Br)c(I)o1)/C(=C/C=C/c1ccccc1)NC(=O)c1ccccc1. The number of carbonyl (C=O) groups is 2. The summed E-state index contributed by atoms with van der Waals surface area (Å²) in [5.74, 6) is -0.499. The minimum Gasteiger partial charge on any atom is -0.448 e. The number of halogens is 2. The Labute approximate surface area is 201 Å². The normalized spacial score (nSPS) is 11.7. The second-order valence-electron chi connectivity index (χ2n) is 6.14. The number of nitrogens with zero attached hydrogens (tertiary/aromatic N) is 1. The molecule has 2 aromatic carbocycles. The molecule has 156 valence electrons. The highest BCUT2D eigenvalue weighted by atomic mass is 127. The largest absolute Gasteiger partial charge is 0.448 e. The summed E-state index contributed by atoms with van der Waals surface area (Å²) in [6, 6.07) is 20.0. The standard InChI is InChI=1S/C23H17BrIN3O3/c24-19-14-18(31-21(19)25)15-26-28-23(30)20(13-7-10-16-8-3-1-4-9-16)27-22(29)17-11-5-2-6-12-17/h1-15H,(H,27,29)(H,28,30)/b10-7+,20-13-,26-15+. The molecule has 0 spiro atoms. The van der Waals surface area contributed by atoms with Gasteiger partial charge in [-0.2, -0.15) is 5.10 Å². The number of nitrogens with one attached hydrogen (secondary N) is 2. The molecule has 0 aliphatic carbocycles. The van der Waals surface area contributed by atoms with Crippen LogP contribution in [0.1, 0.15) is 21.7 Å². The van der Waals surface area contributed by atoms with Crippen molar-refractivity contribution in [1.29, 1.82) is 0 Å². The van der Waals surface area contributed by atoms with Gasteiger partial charge in [-0.05, 0) is 39.7 Å². The van der Waals surface area contributed by atoms with Crippen LogP contribution in [0.15, 0.2) is 98.6 Å². The Morgan fingerprint density at radius 3 is 2.35 bits per heavy atom. The molecule has 6 nitrogen and oxygen atoms in total. The van der Waals surface area contributed by atoms with E-state index in [0.29, 0.717) is 15.1 Å². The van der Waals surface area contributed by atoms with Gasteiger partial charge in [0.25, 0.3) is 11.8 Å². The topological polar surface area (TPSA) is 83.7 Å². The van der Waals surface area contributed by atoms with Gasteiger partial charge in [-0.15, -0.1) is 0 Å². The molecule has 1 aromatic heterocycles. The molecule has 0 aliphatic rings. The first-order chi connectivity index (χ1) is 15.0. The monoisotopic (exact) mass is 589 g/mol. The predicted octanol–water partition coefficient (Wildman–Crippen LogP) is 5.12. The Morgan fingerprint density at radius 2 is 1.71 bits per heavy atom. The smallest absolute Gasteiger partial charge is 0.287 e. The highest BCUT2D eigenvalue weighted by molar-refractivity contribution is 14.1. The number of allylic oxidation sites excluding steroid dienone is 2. The van der Waals surface area contributed by atoms with Crippen molar-refractivity contribution in [2.75, 3.05) is 0 Å². The van der Waals surface area contributed by atoms with Crippen LogP contribution in [-0.2, 0) is 4.79 Å². The Kier molecular flexibility index (Phi) is 8.36. The minimum absolute atomic E-state index is 0.0494. The highest BCUT2D eigenvalue weighted by Gasteiger charge is 2.13. The first-order valence-electron chi connectivity index (χ1n) is 9.11. The van der Waals surface area contributed by atoms with Crippen LogP contribution >= 0.6 is 38.5 Å². The van der Waals surface area contributed by atoms with Crippen LogP contribution < -0.4 is 10.7 Å². The van der Waals surface area contributed by atoms with Crippen molar-refractivity contribution in [3.63, 3.8) is 0 Å². The van der Waals surface area contributed by atoms with Gasteiger partial charge < -0.3 is 9.73 Å². The van der Waals surface area contributed by atoms with Crippen LogP contribution in [0, 0.1) is 3.77 Å². The van der Waals surface area contributed by atoms with E-state index in [2.05, 4.69) is 31.8 Å². The molecule has 1 heterocycles. The zero-order valence-corrected chi connectivity index (χ0v) is 19.8. The summed E-state index contributed by atoms with van der Waals surface area (Å²) >= 11 is 5.38. The van der Waals surface area contributed by atoms with Gasteiger partial charge in [0.05, 0.1) is 10.7 Å². The molecule has 31 heavy (non-hydrogen) atoms. The lowest BCUT2D eigenvalue weighted by Gasteiger charge is -2.08. The molecule has 3 aromatic rings. The van der Waals surface area contributed by atoms with E-state index in [-0.39, 0.29) is 5.70 Å². The van der Waals surface area contributed by atoms with E-state index in [1.807, 2.05) is 65.1 Å². The summed E-state index contributed by atoms with van der Waals surface area (Å²) in [6.45, 7) is 0. The van der Waals surface area contributed by atoms with Crippen LogP contribution in [0.5, 0.6) is 0 Å². The molecule has 0 atom stereocenters. The van der Waals surface area contributed by atoms with Gasteiger partial charge in [-0.25, -0.2) is 5.43 Å². The second kappa shape index (κ2) is 11.4. The maximum Gasteiger partial charge on any atom is 0.287 e. The van der Waals surface area contributed by atoms with Crippen molar-refractivity contribution in [1.82, 2.24) is 10.7 Å². The number of amides is 2. The van der Waals surface area contributed by atoms with E-state index in [4.69, 9.17) is 4.42 Å². The van der Waals surface area contributed by atoms with E-state index in [9.17, 15) is 9.59 Å². The lowest BCUT2D eigenvalue weighted by Crippen LogP contribution is -2.32. The van der Waals surface area contributed by atoms with Crippen LogP contribution in [0.25, 0.3) is 6.08 Å².